The van der Waals surface area contributed by atoms with Crippen molar-refractivity contribution in [3.8, 4) is 11.4 Å². The average molecular weight is 593 g/mol. The monoisotopic (exact) mass is 592 g/mol. The van der Waals surface area contributed by atoms with Crippen molar-refractivity contribution in [2.75, 3.05) is 43.1 Å². The lowest BCUT2D eigenvalue weighted by atomic mass is 9.99. The van der Waals surface area contributed by atoms with E-state index >= 15 is 0 Å². The Morgan fingerprint density at radius 1 is 1.14 bits per heavy atom. The van der Waals surface area contributed by atoms with Gasteiger partial charge in [-0.3, -0.25) is 0 Å². The largest absolute Gasteiger partial charge is 0.444 e. The summed E-state index contributed by atoms with van der Waals surface area (Å²) in [6.07, 6.45) is 5.07. The highest BCUT2D eigenvalue weighted by Crippen LogP contribution is 2.48. The zero-order valence-corrected chi connectivity index (χ0v) is 26.7. The van der Waals surface area contributed by atoms with Crippen LogP contribution in [0.5, 0.6) is 0 Å². The molecule has 10 nitrogen and oxygen atoms in total. The van der Waals surface area contributed by atoms with Gasteiger partial charge in [0.15, 0.2) is 5.82 Å². The number of urea groups is 1. The van der Waals surface area contributed by atoms with Crippen LogP contribution in [0.2, 0.25) is 0 Å². The SMILES string of the molecule is CC(C)C1COCCN1c1nc(-c2ccc(NC(=O)NCCCC3(C)CC3)cc2)nc2c1CCN(C(=O)OC(C)(C)C)C2. The Balaban J connectivity index is 1.36. The van der Waals surface area contributed by atoms with Gasteiger partial charge in [-0.2, -0.15) is 0 Å². The molecule has 1 saturated carbocycles. The molecule has 1 atom stereocenters. The van der Waals surface area contributed by atoms with Gasteiger partial charge in [-0.05, 0) is 88.5 Å². The molecule has 2 N–H and O–H groups in total. The quantitative estimate of drug-likeness (QED) is 0.362. The Morgan fingerprint density at radius 2 is 1.88 bits per heavy atom. The first kappa shape index (κ1) is 31.0. The van der Waals surface area contributed by atoms with Crippen LogP contribution in [0, 0.1) is 11.3 Å². The van der Waals surface area contributed by atoms with Crippen LogP contribution in [0.3, 0.4) is 0 Å². The summed E-state index contributed by atoms with van der Waals surface area (Å²) in [4.78, 5) is 39.6. The first-order valence-corrected chi connectivity index (χ1v) is 15.8. The topological polar surface area (TPSA) is 109 Å². The highest BCUT2D eigenvalue weighted by Gasteiger charge is 2.36. The number of aromatic nitrogens is 2. The van der Waals surface area contributed by atoms with E-state index in [1.54, 1.807) is 4.90 Å². The summed E-state index contributed by atoms with van der Waals surface area (Å²) >= 11 is 0. The smallest absolute Gasteiger partial charge is 0.410 e. The first-order chi connectivity index (χ1) is 20.4. The molecule has 1 aromatic heterocycles. The molecule has 3 amide bonds. The van der Waals surface area contributed by atoms with Crippen LogP contribution in [0.1, 0.15) is 78.5 Å². The molecule has 1 unspecified atom stereocenters. The van der Waals surface area contributed by atoms with Gasteiger partial charge in [-0.1, -0.05) is 20.8 Å². The van der Waals surface area contributed by atoms with Crippen LogP contribution in [-0.4, -0.2) is 71.5 Å². The number of carbonyl (C=O) groups excluding carboxylic acids is 2. The summed E-state index contributed by atoms with van der Waals surface area (Å²) in [5, 5.41) is 5.89. The predicted molar refractivity (Wildman–Crippen MR) is 168 cm³/mol. The molecule has 3 aliphatic rings. The number of carbonyl (C=O) groups is 2. The van der Waals surface area contributed by atoms with Crippen LogP contribution < -0.4 is 15.5 Å². The number of amides is 3. The van der Waals surface area contributed by atoms with Crippen LogP contribution in [0.4, 0.5) is 21.1 Å². The molecule has 1 aliphatic carbocycles. The molecule has 3 heterocycles. The minimum Gasteiger partial charge on any atom is -0.444 e. The van der Waals surface area contributed by atoms with Crippen molar-refractivity contribution in [1.29, 1.82) is 0 Å². The summed E-state index contributed by atoms with van der Waals surface area (Å²) < 4.78 is 11.5. The van der Waals surface area contributed by atoms with E-state index in [2.05, 4.69) is 36.3 Å². The maximum absolute atomic E-state index is 13.0. The van der Waals surface area contributed by atoms with Gasteiger partial charge in [-0.25, -0.2) is 19.6 Å². The summed E-state index contributed by atoms with van der Waals surface area (Å²) in [7, 11) is 0. The minimum absolute atomic E-state index is 0.196. The van der Waals surface area contributed by atoms with Crippen molar-refractivity contribution in [3.05, 3.63) is 35.5 Å². The lowest BCUT2D eigenvalue weighted by molar-refractivity contribution is 0.0220. The highest BCUT2D eigenvalue weighted by molar-refractivity contribution is 5.89. The molecule has 2 fully saturated rings. The number of benzene rings is 1. The minimum atomic E-state index is -0.570. The number of anilines is 2. The predicted octanol–water partition coefficient (Wildman–Crippen LogP) is 6.00. The van der Waals surface area contributed by atoms with E-state index in [1.165, 1.54) is 12.8 Å². The van der Waals surface area contributed by atoms with Crippen molar-refractivity contribution < 1.29 is 19.1 Å². The molecular formula is C33H48N6O4. The fourth-order valence-electron chi connectivity index (χ4n) is 5.76. The number of nitrogens with one attached hydrogen (secondary N) is 2. The summed E-state index contributed by atoms with van der Waals surface area (Å²) in [5.74, 6) is 1.90. The summed E-state index contributed by atoms with van der Waals surface area (Å²) in [6, 6.07) is 7.62. The number of nitrogens with zero attached hydrogens (tertiary/aromatic N) is 4. The molecule has 1 aromatic carbocycles. The van der Waals surface area contributed by atoms with Gasteiger partial charge in [-0.15, -0.1) is 0 Å². The van der Waals surface area contributed by atoms with E-state index in [-0.39, 0.29) is 18.2 Å². The molecule has 1 saturated heterocycles. The Kier molecular flexibility index (Phi) is 9.15. The van der Waals surface area contributed by atoms with Gasteiger partial charge < -0.3 is 29.9 Å². The van der Waals surface area contributed by atoms with Gasteiger partial charge in [0.25, 0.3) is 0 Å². The molecule has 2 aromatic rings. The second-order valence-corrected chi connectivity index (χ2v) is 13.9. The van der Waals surface area contributed by atoms with Gasteiger partial charge in [0, 0.05) is 36.4 Å². The molecule has 0 bridgehead atoms. The Bertz CT molecular complexity index is 1300. The fourth-order valence-corrected chi connectivity index (χ4v) is 5.76. The third-order valence-corrected chi connectivity index (χ3v) is 8.65. The summed E-state index contributed by atoms with van der Waals surface area (Å²) in [6.45, 7) is 16.0. The van der Waals surface area contributed by atoms with E-state index in [0.717, 1.165) is 42.0 Å². The standard InChI is InChI=1S/C33H48N6O4/c1-22(2)27-21-42-19-18-39(27)29-25-12-17-38(31(41)43-32(3,4)5)20-26(25)36-28(37-29)23-8-10-24(11-9-23)35-30(40)34-16-7-13-33(6)14-15-33/h8-11,22,27H,7,12-21H2,1-6H3,(H2,34,35,40). The Morgan fingerprint density at radius 3 is 2.56 bits per heavy atom. The Labute approximate surface area is 255 Å². The number of ether oxygens (including phenoxy) is 2. The number of rotatable bonds is 8. The van der Waals surface area contributed by atoms with E-state index in [9.17, 15) is 9.59 Å². The summed E-state index contributed by atoms with van der Waals surface area (Å²) in [5.41, 5.74) is 3.40. The third-order valence-electron chi connectivity index (χ3n) is 8.65. The number of morpholine rings is 1. The molecule has 2 aliphatic heterocycles. The van der Waals surface area contributed by atoms with Crippen molar-refractivity contribution in [2.45, 2.75) is 91.8 Å². The van der Waals surface area contributed by atoms with Crippen molar-refractivity contribution in [3.63, 3.8) is 0 Å². The van der Waals surface area contributed by atoms with Crippen molar-refractivity contribution in [2.24, 2.45) is 11.3 Å². The average Bonchev–Trinajstić information content (AvgIpc) is 3.70. The zero-order valence-electron chi connectivity index (χ0n) is 26.7. The van der Waals surface area contributed by atoms with Crippen LogP contribution in [0.15, 0.2) is 24.3 Å². The van der Waals surface area contributed by atoms with Gasteiger partial charge in [0.1, 0.15) is 11.4 Å². The van der Waals surface area contributed by atoms with Crippen LogP contribution in [-0.2, 0) is 22.4 Å². The van der Waals surface area contributed by atoms with E-state index in [1.807, 2.05) is 45.0 Å². The fraction of sp³-hybridized carbons (Fsp3) is 0.636. The zero-order chi connectivity index (χ0) is 30.8. The Hall–Kier alpha value is -3.40. The van der Waals surface area contributed by atoms with Gasteiger partial charge in [0.05, 0.1) is 31.5 Å². The molecule has 0 radical (unpaired) electrons. The number of hydrogen-bond acceptors (Lipinski definition) is 7. The maximum atomic E-state index is 13.0. The lowest BCUT2D eigenvalue weighted by Gasteiger charge is -2.41. The molecule has 234 valence electrons. The number of fused-ring (bicyclic) bond motifs is 1. The first-order valence-electron chi connectivity index (χ1n) is 15.8. The highest BCUT2D eigenvalue weighted by atomic mass is 16.6. The molecule has 43 heavy (non-hydrogen) atoms. The second kappa shape index (κ2) is 12.7. The molecular weight excluding hydrogens is 544 g/mol. The van der Waals surface area contributed by atoms with Crippen molar-refractivity contribution in [1.82, 2.24) is 20.2 Å². The normalized spacial score (nSPS) is 19.6. The number of hydrogen-bond donors (Lipinski definition) is 2. The third kappa shape index (κ3) is 7.96. The second-order valence-electron chi connectivity index (χ2n) is 13.9. The van der Waals surface area contributed by atoms with Gasteiger partial charge in [0.2, 0.25) is 0 Å². The molecule has 0 spiro atoms. The maximum Gasteiger partial charge on any atom is 0.410 e. The lowest BCUT2D eigenvalue weighted by Crippen LogP contribution is -2.50. The van der Waals surface area contributed by atoms with Crippen LogP contribution in [0.25, 0.3) is 11.4 Å². The van der Waals surface area contributed by atoms with Gasteiger partial charge >= 0.3 is 12.1 Å². The van der Waals surface area contributed by atoms with E-state index in [4.69, 9.17) is 19.4 Å². The van der Waals surface area contributed by atoms with E-state index in [0.29, 0.717) is 62.1 Å². The van der Waals surface area contributed by atoms with E-state index < -0.39 is 5.60 Å². The molecule has 10 heteroatoms. The van der Waals surface area contributed by atoms with Crippen LogP contribution >= 0.6 is 0 Å². The molecule has 5 rings (SSSR count). The van der Waals surface area contributed by atoms with Crippen molar-refractivity contribution >= 4 is 23.6 Å².